The Bertz CT molecular complexity index is 521. The fraction of sp³-hybridized carbons (Fsp3) is 0.824. The third-order valence-electron chi connectivity index (χ3n) is 5.80. The van der Waals surface area contributed by atoms with Gasteiger partial charge in [-0.2, -0.15) is 0 Å². The summed E-state index contributed by atoms with van der Waals surface area (Å²) in [6.07, 6.45) is 5.79. The van der Waals surface area contributed by atoms with Gasteiger partial charge in [0.2, 0.25) is 5.91 Å². The maximum Gasteiger partial charge on any atom is 0.325 e. The second-order valence-corrected chi connectivity index (χ2v) is 7.53. The van der Waals surface area contributed by atoms with E-state index in [0.29, 0.717) is 12.3 Å². The van der Waals surface area contributed by atoms with E-state index in [1.165, 1.54) is 0 Å². The second kappa shape index (κ2) is 6.13. The molecule has 23 heavy (non-hydrogen) atoms. The first-order valence-electron chi connectivity index (χ1n) is 8.86. The number of carbonyl (C=O) groups is 3. The zero-order chi connectivity index (χ0) is 16.6. The van der Waals surface area contributed by atoms with E-state index < -0.39 is 11.6 Å². The molecule has 1 saturated carbocycles. The molecule has 0 radical (unpaired) electrons. The molecule has 6 heteroatoms. The van der Waals surface area contributed by atoms with Gasteiger partial charge in [0.15, 0.2) is 0 Å². The van der Waals surface area contributed by atoms with Crippen molar-refractivity contribution < 1.29 is 14.4 Å². The first kappa shape index (κ1) is 16.3. The molecular weight excluding hydrogens is 294 g/mol. The van der Waals surface area contributed by atoms with Gasteiger partial charge in [-0.25, -0.2) is 4.79 Å². The van der Waals surface area contributed by atoms with Gasteiger partial charge in [0.05, 0.1) is 0 Å². The average Bonchev–Trinajstić information content (AvgIpc) is 2.75. The Morgan fingerprint density at radius 3 is 2.70 bits per heavy atom. The van der Waals surface area contributed by atoms with E-state index in [0.717, 1.165) is 50.1 Å². The monoisotopic (exact) mass is 321 g/mol. The zero-order valence-corrected chi connectivity index (χ0v) is 14.1. The number of amides is 4. The number of nitrogens with one attached hydrogen (secondary N) is 1. The Morgan fingerprint density at radius 2 is 2.00 bits per heavy atom. The molecule has 2 heterocycles. The van der Waals surface area contributed by atoms with Crippen molar-refractivity contribution in [1.29, 1.82) is 0 Å². The van der Waals surface area contributed by atoms with Crippen LogP contribution in [0.5, 0.6) is 0 Å². The smallest absolute Gasteiger partial charge is 0.325 e. The Kier molecular flexibility index (Phi) is 4.34. The predicted octanol–water partition coefficient (Wildman–Crippen LogP) is 1.75. The van der Waals surface area contributed by atoms with Crippen molar-refractivity contribution >= 4 is 17.8 Å². The third kappa shape index (κ3) is 2.83. The van der Waals surface area contributed by atoms with Crippen LogP contribution in [0.25, 0.3) is 0 Å². The summed E-state index contributed by atoms with van der Waals surface area (Å²) in [6.45, 7) is 5.49. The van der Waals surface area contributed by atoms with Gasteiger partial charge in [0.25, 0.3) is 5.91 Å². The molecule has 3 rings (SSSR count). The summed E-state index contributed by atoms with van der Waals surface area (Å²) in [5, 5.41) is 2.90. The number of piperidine rings is 1. The summed E-state index contributed by atoms with van der Waals surface area (Å²) >= 11 is 0. The Balaban J connectivity index is 1.69. The van der Waals surface area contributed by atoms with Gasteiger partial charge < -0.3 is 10.2 Å². The van der Waals surface area contributed by atoms with Crippen LogP contribution < -0.4 is 5.32 Å². The fourth-order valence-corrected chi connectivity index (χ4v) is 4.29. The van der Waals surface area contributed by atoms with Gasteiger partial charge in [-0.15, -0.1) is 0 Å². The average molecular weight is 321 g/mol. The molecule has 3 atom stereocenters. The summed E-state index contributed by atoms with van der Waals surface area (Å²) in [7, 11) is 0. The van der Waals surface area contributed by atoms with Crippen LogP contribution in [0.4, 0.5) is 4.79 Å². The standard InChI is InChI=1S/C17H27N3O3/c1-12-6-5-9-19(10-12)14(21)11-20-15(22)17(18-16(20)23)8-4-3-7-13(17)2/h12-13H,3-11H2,1-2H3,(H,18,23). The van der Waals surface area contributed by atoms with E-state index in [4.69, 9.17) is 0 Å². The van der Waals surface area contributed by atoms with Crippen molar-refractivity contribution in [2.45, 2.75) is 57.9 Å². The highest BCUT2D eigenvalue weighted by Crippen LogP contribution is 2.38. The van der Waals surface area contributed by atoms with Crippen molar-refractivity contribution in [3.8, 4) is 0 Å². The summed E-state index contributed by atoms with van der Waals surface area (Å²) < 4.78 is 0. The molecule has 0 aromatic heterocycles. The van der Waals surface area contributed by atoms with Gasteiger partial charge in [-0.05, 0) is 37.5 Å². The van der Waals surface area contributed by atoms with Crippen molar-refractivity contribution in [3.63, 3.8) is 0 Å². The lowest BCUT2D eigenvalue weighted by atomic mass is 9.73. The first-order valence-corrected chi connectivity index (χ1v) is 8.86. The van der Waals surface area contributed by atoms with E-state index in [1.54, 1.807) is 4.90 Å². The third-order valence-corrected chi connectivity index (χ3v) is 5.80. The minimum atomic E-state index is -0.773. The van der Waals surface area contributed by atoms with Gasteiger partial charge in [-0.3, -0.25) is 14.5 Å². The molecule has 128 valence electrons. The first-order chi connectivity index (χ1) is 10.9. The number of likely N-dealkylation sites (tertiary alicyclic amines) is 1. The van der Waals surface area contributed by atoms with Crippen LogP contribution in [-0.2, 0) is 9.59 Å². The summed E-state index contributed by atoms with van der Waals surface area (Å²) in [5.41, 5.74) is -0.773. The molecule has 0 aromatic rings. The number of rotatable bonds is 2. The number of urea groups is 1. The van der Waals surface area contributed by atoms with Crippen LogP contribution >= 0.6 is 0 Å². The largest absolute Gasteiger partial charge is 0.341 e. The molecule has 1 aliphatic carbocycles. The SMILES string of the molecule is CC1CCCN(C(=O)CN2C(=O)NC3(CCCCC3C)C2=O)C1. The van der Waals surface area contributed by atoms with Crippen LogP contribution in [0.1, 0.15) is 52.4 Å². The molecule has 6 nitrogen and oxygen atoms in total. The zero-order valence-electron chi connectivity index (χ0n) is 14.1. The van der Waals surface area contributed by atoms with E-state index in [1.807, 2.05) is 6.92 Å². The summed E-state index contributed by atoms with van der Waals surface area (Å²) in [6, 6.07) is -0.401. The fourth-order valence-electron chi connectivity index (χ4n) is 4.29. The molecule has 3 fully saturated rings. The molecular formula is C17H27N3O3. The lowest BCUT2D eigenvalue weighted by Gasteiger charge is -2.37. The number of imide groups is 1. The van der Waals surface area contributed by atoms with E-state index in [2.05, 4.69) is 12.2 Å². The van der Waals surface area contributed by atoms with Crippen LogP contribution in [-0.4, -0.2) is 52.8 Å². The molecule has 2 aliphatic heterocycles. The lowest BCUT2D eigenvalue weighted by molar-refractivity contribution is -0.141. The molecule has 3 unspecified atom stereocenters. The Hall–Kier alpha value is -1.59. The molecule has 3 aliphatic rings. The Morgan fingerprint density at radius 1 is 1.22 bits per heavy atom. The van der Waals surface area contributed by atoms with Crippen molar-refractivity contribution in [2.75, 3.05) is 19.6 Å². The molecule has 1 spiro atoms. The van der Waals surface area contributed by atoms with Crippen molar-refractivity contribution in [3.05, 3.63) is 0 Å². The maximum absolute atomic E-state index is 12.9. The van der Waals surface area contributed by atoms with Gasteiger partial charge in [0, 0.05) is 13.1 Å². The Labute approximate surface area is 137 Å². The topological polar surface area (TPSA) is 69.7 Å². The van der Waals surface area contributed by atoms with Crippen LogP contribution in [0.2, 0.25) is 0 Å². The van der Waals surface area contributed by atoms with Crippen LogP contribution in [0.15, 0.2) is 0 Å². The molecule has 2 saturated heterocycles. The molecule has 1 N–H and O–H groups in total. The molecule has 0 bridgehead atoms. The predicted molar refractivity (Wildman–Crippen MR) is 85.6 cm³/mol. The number of nitrogens with zero attached hydrogens (tertiary/aromatic N) is 2. The highest BCUT2D eigenvalue weighted by Gasteiger charge is 2.55. The van der Waals surface area contributed by atoms with Crippen LogP contribution in [0, 0.1) is 11.8 Å². The maximum atomic E-state index is 12.9. The van der Waals surface area contributed by atoms with Crippen LogP contribution in [0.3, 0.4) is 0 Å². The van der Waals surface area contributed by atoms with E-state index >= 15 is 0 Å². The quantitative estimate of drug-likeness (QED) is 0.788. The number of hydrogen-bond acceptors (Lipinski definition) is 3. The van der Waals surface area contributed by atoms with Crippen molar-refractivity contribution in [2.24, 2.45) is 11.8 Å². The van der Waals surface area contributed by atoms with E-state index in [9.17, 15) is 14.4 Å². The van der Waals surface area contributed by atoms with Gasteiger partial charge in [0.1, 0.15) is 12.1 Å². The number of hydrogen-bond donors (Lipinski definition) is 1. The second-order valence-electron chi connectivity index (χ2n) is 7.53. The minimum Gasteiger partial charge on any atom is -0.341 e. The van der Waals surface area contributed by atoms with Gasteiger partial charge in [-0.1, -0.05) is 26.7 Å². The van der Waals surface area contributed by atoms with Gasteiger partial charge >= 0.3 is 6.03 Å². The highest BCUT2D eigenvalue weighted by atomic mass is 16.2. The minimum absolute atomic E-state index is 0.111. The highest BCUT2D eigenvalue weighted by molar-refractivity contribution is 6.09. The normalized spacial score (nSPS) is 34.9. The molecule has 0 aromatic carbocycles. The van der Waals surface area contributed by atoms with Crippen molar-refractivity contribution in [1.82, 2.24) is 15.1 Å². The number of carbonyl (C=O) groups excluding carboxylic acids is 3. The summed E-state index contributed by atoms with van der Waals surface area (Å²) in [4.78, 5) is 40.6. The van der Waals surface area contributed by atoms with E-state index in [-0.39, 0.29) is 24.3 Å². The molecule has 4 amide bonds. The summed E-state index contributed by atoms with van der Waals surface area (Å²) in [5.74, 6) is 0.303. The lowest BCUT2D eigenvalue weighted by Crippen LogP contribution is -2.54.